The van der Waals surface area contributed by atoms with Crippen LogP contribution in [0.15, 0.2) is 23.8 Å². The van der Waals surface area contributed by atoms with E-state index in [0.717, 1.165) is 23.8 Å². The van der Waals surface area contributed by atoms with Gasteiger partial charge in [0.25, 0.3) is 0 Å². The van der Waals surface area contributed by atoms with Gasteiger partial charge in [-0.2, -0.15) is 0 Å². The molecule has 0 spiro atoms. The van der Waals surface area contributed by atoms with E-state index in [4.69, 9.17) is 11.6 Å². The standard InChI is InChI=1S/C17H29ClO/c1-5-14(3)9-7-11-16(6-2)12-8-10-15(4)13-17(18)19/h8,10,13-14,16H,5-7,9,11-12H2,1-4H3. The first-order valence-electron chi connectivity index (χ1n) is 7.53. The van der Waals surface area contributed by atoms with E-state index in [2.05, 4.69) is 26.8 Å². The number of carbonyl (C=O) groups is 1. The minimum atomic E-state index is -0.400. The van der Waals surface area contributed by atoms with E-state index >= 15 is 0 Å². The van der Waals surface area contributed by atoms with Crippen molar-refractivity contribution < 1.29 is 4.79 Å². The highest BCUT2D eigenvalue weighted by atomic mass is 35.5. The molecule has 0 aliphatic carbocycles. The van der Waals surface area contributed by atoms with Gasteiger partial charge in [0.1, 0.15) is 0 Å². The lowest BCUT2D eigenvalue weighted by atomic mass is 9.92. The molecule has 19 heavy (non-hydrogen) atoms. The van der Waals surface area contributed by atoms with Crippen LogP contribution >= 0.6 is 11.6 Å². The third-order valence-corrected chi connectivity index (χ3v) is 3.88. The van der Waals surface area contributed by atoms with Crippen molar-refractivity contribution in [1.29, 1.82) is 0 Å². The van der Waals surface area contributed by atoms with E-state index in [9.17, 15) is 4.79 Å². The maximum Gasteiger partial charge on any atom is 0.245 e. The number of allylic oxidation sites excluding steroid dienone is 4. The van der Waals surface area contributed by atoms with Gasteiger partial charge in [0.05, 0.1) is 0 Å². The Labute approximate surface area is 124 Å². The van der Waals surface area contributed by atoms with Crippen LogP contribution < -0.4 is 0 Å². The normalized spacial score (nSPS) is 15.7. The van der Waals surface area contributed by atoms with Crippen molar-refractivity contribution in [3.63, 3.8) is 0 Å². The van der Waals surface area contributed by atoms with E-state index in [1.54, 1.807) is 0 Å². The van der Waals surface area contributed by atoms with Gasteiger partial charge in [0.2, 0.25) is 5.24 Å². The minimum Gasteiger partial charge on any atom is -0.276 e. The fourth-order valence-corrected chi connectivity index (χ4v) is 2.29. The fraction of sp³-hybridized carbons (Fsp3) is 0.706. The molecule has 2 unspecified atom stereocenters. The first kappa shape index (κ1) is 18.4. The average Bonchev–Trinajstić information content (AvgIpc) is 2.35. The molecular weight excluding hydrogens is 256 g/mol. The van der Waals surface area contributed by atoms with Gasteiger partial charge in [0.15, 0.2) is 0 Å². The molecule has 0 amide bonds. The lowest BCUT2D eigenvalue weighted by molar-refractivity contribution is -0.107. The summed E-state index contributed by atoms with van der Waals surface area (Å²) in [6, 6.07) is 0. The van der Waals surface area contributed by atoms with Crippen LogP contribution in [0.3, 0.4) is 0 Å². The molecule has 0 aromatic rings. The van der Waals surface area contributed by atoms with E-state index in [1.807, 2.05) is 13.0 Å². The molecular formula is C17H29ClO. The monoisotopic (exact) mass is 284 g/mol. The van der Waals surface area contributed by atoms with Gasteiger partial charge >= 0.3 is 0 Å². The van der Waals surface area contributed by atoms with Crippen LogP contribution in [0.4, 0.5) is 0 Å². The van der Waals surface area contributed by atoms with Crippen LogP contribution in [-0.4, -0.2) is 5.24 Å². The molecule has 2 atom stereocenters. The summed E-state index contributed by atoms with van der Waals surface area (Å²) in [7, 11) is 0. The van der Waals surface area contributed by atoms with Crippen molar-refractivity contribution in [2.24, 2.45) is 11.8 Å². The predicted octanol–water partition coefficient (Wildman–Crippen LogP) is 5.89. The topological polar surface area (TPSA) is 17.1 Å². The van der Waals surface area contributed by atoms with Crippen molar-refractivity contribution in [3.8, 4) is 0 Å². The highest BCUT2D eigenvalue weighted by molar-refractivity contribution is 6.66. The molecule has 1 nitrogen and oxygen atoms in total. The van der Waals surface area contributed by atoms with Gasteiger partial charge in [-0.3, -0.25) is 4.79 Å². The van der Waals surface area contributed by atoms with Crippen molar-refractivity contribution in [3.05, 3.63) is 23.8 Å². The largest absolute Gasteiger partial charge is 0.276 e. The molecule has 0 heterocycles. The van der Waals surface area contributed by atoms with Gasteiger partial charge in [0, 0.05) is 6.08 Å². The molecule has 2 heteroatoms. The Bertz CT molecular complexity index is 304. The van der Waals surface area contributed by atoms with Crippen molar-refractivity contribution in [2.45, 2.75) is 66.2 Å². The summed E-state index contributed by atoms with van der Waals surface area (Å²) in [5.74, 6) is 1.62. The average molecular weight is 285 g/mol. The summed E-state index contributed by atoms with van der Waals surface area (Å²) >= 11 is 5.30. The van der Waals surface area contributed by atoms with E-state index in [0.29, 0.717) is 0 Å². The first-order valence-corrected chi connectivity index (χ1v) is 7.91. The van der Waals surface area contributed by atoms with Crippen LogP contribution in [-0.2, 0) is 4.79 Å². The number of hydrogen-bond donors (Lipinski definition) is 0. The van der Waals surface area contributed by atoms with Crippen molar-refractivity contribution in [1.82, 2.24) is 0 Å². The van der Waals surface area contributed by atoms with Gasteiger partial charge in [-0.25, -0.2) is 0 Å². The van der Waals surface area contributed by atoms with Gasteiger partial charge < -0.3 is 0 Å². The van der Waals surface area contributed by atoms with Crippen LogP contribution in [0.5, 0.6) is 0 Å². The lowest BCUT2D eigenvalue weighted by Crippen LogP contribution is -1.99. The Kier molecular flexibility index (Phi) is 10.9. The molecule has 0 saturated carbocycles. The first-order chi connectivity index (χ1) is 8.99. The van der Waals surface area contributed by atoms with Gasteiger partial charge in [-0.05, 0) is 42.4 Å². The van der Waals surface area contributed by atoms with Crippen LogP contribution in [0.1, 0.15) is 66.2 Å². The number of carbonyl (C=O) groups excluding carboxylic acids is 1. The third-order valence-electron chi connectivity index (χ3n) is 3.77. The summed E-state index contributed by atoms with van der Waals surface area (Å²) in [4.78, 5) is 10.7. The Hall–Kier alpha value is -0.560. The van der Waals surface area contributed by atoms with Crippen LogP contribution in [0.25, 0.3) is 0 Å². The second-order valence-corrected chi connectivity index (χ2v) is 5.92. The molecule has 0 aliphatic heterocycles. The molecule has 0 rings (SSSR count). The molecule has 0 saturated heterocycles. The highest BCUT2D eigenvalue weighted by Gasteiger charge is 2.05. The Balaban J connectivity index is 3.99. The second kappa shape index (κ2) is 11.3. The molecule has 110 valence electrons. The van der Waals surface area contributed by atoms with Gasteiger partial charge in [-0.15, -0.1) is 0 Å². The molecule has 0 aromatic carbocycles. The van der Waals surface area contributed by atoms with Crippen LogP contribution in [0.2, 0.25) is 0 Å². The number of halogens is 1. The summed E-state index contributed by atoms with van der Waals surface area (Å²) in [5.41, 5.74) is 0.925. The number of hydrogen-bond acceptors (Lipinski definition) is 1. The van der Waals surface area contributed by atoms with Crippen molar-refractivity contribution >= 4 is 16.8 Å². The zero-order valence-electron chi connectivity index (χ0n) is 12.9. The second-order valence-electron chi connectivity index (χ2n) is 5.55. The highest BCUT2D eigenvalue weighted by Crippen LogP contribution is 2.20. The Morgan fingerprint density at radius 2 is 1.89 bits per heavy atom. The molecule has 0 aliphatic rings. The minimum absolute atomic E-state index is 0.400. The Morgan fingerprint density at radius 3 is 2.42 bits per heavy atom. The smallest absolute Gasteiger partial charge is 0.245 e. The molecule has 0 fully saturated rings. The zero-order valence-corrected chi connectivity index (χ0v) is 13.7. The lowest BCUT2D eigenvalue weighted by Gasteiger charge is -2.14. The third kappa shape index (κ3) is 11.0. The summed E-state index contributed by atoms with van der Waals surface area (Å²) in [6.07, 6.45) is 13.2. The maximum absolute atomic E-state index is 10.7. The van der Waals surface area contributed by atoms with Crippen LogP contribution in [0, 0.1) is 11.8 Å². The summed E-state index contributed by atoms with van der Waals surface area (Å²) in [6.45, 7) is 8.75. The van der Waals surface area contributed by atoms with E-state index in [-0.39, 0.29) is 0 Å². The van der Waals surface area contributed by atoms with E-state index in [1.165, 1.54) is 38.2 Å². The zero-order chi connectivity index (χ0) is 14.7. The summed E-state index contributed by atoms with van der Waals surface area (Å²) in [5, 5.41) is -0.400. The van der Waals surface area contributed by atoms with E-state index < -0.39 is 5.24 Å². The molecule has 0 N–H and O–H groups in total. The van der Waals surface area contributed by atoms with Crippen molar-refractivity contribution in [2.75, 3.05) is 0 Å². The maximum atomic E-state index is 10.7. The number of rotatable bonds is 10. The Morgan fingerprint density at radius 1 is 1.21 bits per heavy atom. The fourth-order valence-electron chi connectivity index (χ4n) is 2.12. The quantitative estimate of drug-likeness (QED) is 0.278. The SMILES string of the molecule is CCC(C)CCCC(CC)CC=CC(C)=CC(=O)Cl. The molecule has 0 bridgehead atoms. The molecule has 0 aromatic heterocycles. The predicted molar refractivity (Wildman–Crippen MR) is 85.5 cm³/mol. The summed E-state index contributed by atoms with van der Waals surface area (Å²) < 4.78 is 0. The molecule has 0 radical (unpaired) electrons. The van der Waals surface area contributed by atoms with Gasteiger partial charge in [-0.1, -0.05) is 65.0 Å².